The van der Waals surface area contributed by atoms with Gasteiger partial charge in [0, 0.05) is 12.8 Å². The predicted octanol–water partition coefficient (Wildman–Crippen LogP) is 4.01. The second-order valence-electron chi connectivity index (χ2n) is 7.85. The summed E-state index contributed by atoms with van der Waals surface area (Å²) >= 11 is 7.60. The van der Waals surface area contributed by atoms with Gasteiger partial charge in [0.05, 0.1) is 22.4 Å². The lowest BCUT2D eigenvalue weighted by Crippen LogP contribution is -3.09. The Kier molecular flexibility index (Phi) is 4.81. The SMILES string of the molecule is Cc1ccc(-n2cnn(C[NH+]3CCC[C@H]3c3nc4ccccc4s3)c2=S)c(C)c1. The topological polar surface area (TPSA) is 40.1 Å². The van der Waals surface area contributed by atoms with Gasteiger partial charge in [0.15, 0.2) is 11.7 Å². The Balaban J connectivity index is 1.42. The van der Waals surface area contributed by atoms with Gasteiger partial charge in [0.2, 0.25) is 4.77 Å². The van der Waals surface area contributed by atoms with E-state index in [9.17, 15) is 0 Å². The lowest BCUT2D eigenvalue weighted by molar-refractivity contribution is -0.941. The molecule has 5 nitrogen and oxygen atoms in total. The van der Waals surface area contributed by atoms with E-state index in [1.807, 2.05) is 26.9 Å². The molecule has 0 spiro atoms. The van der Waals surface area contributed by atoms with Crippen molar-refractivity contribution in [1.29, 1.82) is 0 Å². The van der Waals surface area contributed by atoms with Crippen molar-refractivity contribution >= 4 is 33.8 Å². The summed E-state index contributed by atoms with van der Waals surface area (Å²) in [6, 6.07) is 15.3. The van der Waals surface area contributed by atoms with E-state index in [2.05, 4.69) is 61.4 Å². The highest BCUT2D eigenvalue weighted by atomic mass is 32.1. The number of hydrogen-bond acceptors (Lipinski definition) is 4. The minimum Gasteiger partial charge on any atom is -0.308 e. The fourth-order valence-electron chi connectivity index (χ4n) is 4.32. The van der Waals surface area contributed by atoms with Crippen LogP contribution >= 0.6 is 23.6 Å². The number of benzene rings is 2. The first-order chi connectivity index (χ1) is 14.1. The molecule has 5 rings (SSSR count). The Morgan fingerprint density at radius 1 is 1.21 bits per heavy atom. The summed E-state index contributed by atoms with van der Waals surface area (Å²) in [6.07, 6.45) is 4.23. The second-order valence-corrected chi connectivity index (χ2v) is 9.28. The van der Waals surface area contributed by atoms with Crippen molar-refractivity contribution in [2.45, 2.75) is 39.4 Å². The van der Waals surface area contributed by atoms with Gasteiger partial charge in [-0.05, 0) is 49.8 Å². The number of aromatic nitrogens is 4. The molecule has 29 heavy (non-hydrogen) atoms. The molecule has 1 aliphatic rings. The fraction of sp³-hybridized carbons (Fsp3) is 0.318. The monoisotopic (exact) mass is 422 g/mol. The van der Waals surface area contributed by atoms with Crippen molar-refractivity contribution < 1.29 is 4.90 Å². The number of quaternary nitrogens is 1. The van der Waals surface area contributed by atoms with Crippen LogP contribution in [-0.4, -0.2) is 25.9 Å². The number of likely N-dealkylation sites (tertiary alicyclic amines) is 1. The van der Waals surface area contributed by atoms with E-state index >= 15 is 0 Å². The summed E-state index contributed by atoms with van der Waals surface area (Å²) in [5, 5.41) is 5.86. The van der Waals surface area contributed by atoms with Crippen LogP contribution in [0.15, 0.2) is 48.8 Å². The molecule has 0 saturated carbocycles. The summed E-state index contributed by atoms with van der Waals surface area (Å²) in [4.78, 5) is 6.41. The predicted molar refractivity (Wildman–Crippen MR) is 119 cm³/mol. The van der Waals surface area contributed by atoms with Gasteiger partial charge in [-0.1, -0.05) is 29.8 Å². The zero-order valence-corrected chi connectivity index (χ0v) is 18.3. The lowest BCUT2D eigenvalue weighted by atomic mass is 10.1. The molecule has 0 amide bonds. The summed E-state index contributed by atoms with van der Waals surface area (Å²) in [5.41, 5.74) is 4.67. The summed E-state index contributed by atoms with van der Waals surface area (Å²) in [5.74, 6) is 0. The van der Waals surface area contributed by atoms with Crippen molar-refractivity contribution in [2.75, 3.05) is 6.54 Å². The Morgan fingerprint density at radius 3 is 2.90 bits per heavy atom. The van der Waals surface area contributed by atoms with Crippen molar-refractivity contribution in [2.24, 2.45) is 0 Å². The summed E-state index contributed by atoms with van der Waals surface area (Å²) in [7, 11) is 0. The van der Waals surface area contributed by atoms with Crippen molar-refractivity contribution in [3.63, 3.8) is 0 Å². The molecule has 0 aliphatic carbocycles. The largest absolute Gasteiger partial charge is 0.308 e. The van der Waals surface area contributed by atoms with Crippen LogP contribution in [0.1, 0.15) is 35.0 Å². The van der Waals surface area contributed by atoms with Gasteiger partial charge in [0.25, 0.3) is 0 Å². The number of rotatable bonds is 4. The second kappa shape index (κ2) is 7.48. The van der Waals surface area contributed by atoms with Crippen LogP contribution < -0.4 is 4.90 Å². The molecule has 7 heteroatoms. The molecular weight excluding hydrogens is 398 g/mol. The zero-order valence-electron chi connectivity index (χ0n) is 16.6. The number of para-hydroxylation sites is 1. The normalized spacial score (nSPS) is 19.2. The van der Waals surface area contributed by atoms with E-state index in [0.717, 1.165) is 29.2 Å². The molecule has 1 aliphatic heterocycles. The maximum absolute atomic E-state index is 5.78. The third-order valence-electron chi connectivity index (χ3n) is 5.79. The highest BCUT2D eigenvalue weighted by molar-refractivity contribution is 7.71. The van der Waals surface area contributed by atoms with E-state index in [1.54, 1.807) is 0 Å². The Hall–Kier alpha value is -2.35. The minimum absolute atomic E-state index is 0.417. The molecule has 1 fully saturated rings. The first kappa shape index (κ1) is 18.7. The van der Waals surface area contributed by atoms with E-state index in [1.165, 1.54) is 38.6 Å². The molecule has 3 heterocycles. The first-order valence-electron chi connectivity index (χ1n) is 10.0. The summed E-state index contributed by atoms with van der Waals surface area (Å²) < 4.78 is 6.01. The van der Waals surface area contributed by atoms with Gasteiger partial charge in [0.1, 0.15) is 12.4 Å². The van der Waals surface area contributed by atoms with E-state index in [4.69, 9.17) is 17.2 Å². The van der Waals surface area contributed by atoms with Crippen molar-refractivity contribution in [3.05, 3.63) is 69.7 Å². The van der Waals surface area contributed by atoms with E-state index in [0.29, 0.717) is 6.04 Å². The quantitative estimate of drug-likeness (QED) is 0.505. The van der Waals surface area contributed by atoms with Crippen molar-refractivity contribution in [3.8, 4) is 5.69 Å². The van der Waals surface area contributed by atoms with Gasteiger partial charge in [-0.2, -0.15) is 9.78 Å². The molecule has 2 aromatic carbocycles. The van der Waals surface area contributed by atoms with Gasteiger partial charge >= 0.3 is 0 Å². The summed E-state index contributed by atoms with van der Waals surface area (Å²) in [6.45, 7) is 6.13. The van der Waals surface area contributed by atoms with Gasteiger partial charge in [-0.15, -0.1) is 11.3 Å². The molecule has 0 bridgehead atoms. The third kappa shape index (κ3) is 3.43. The molecule has 2 aromatic heterocycles. The minimum atomic E-state index is 0.417. The highest BCUT2D eigenvalue weighted by Gasteiger charge is 2.33. The number of hydrogen-bond donors (Lipinski definition) is 1. The van der Waals surface area contributed by atoms with Gasteiger partial charge in [-0.25, -0.2) is 4.98 Å². The van der Waals surface area contributed by atoms with Crippen LogP contribution in [0.4, 0.5) is 0 Å². The maximum atomic E-state index is 5.78. The number of fused-ring (bicyclic) bond motifs is 1. The zero-order chi connectivity index (χ0) is 20.0. The van der Waals surface area contributed by atoms with Gasteiger partial charge < -0.3 is 4.90 Å². The fourth-order valence-corrected chi connectivity index (χ4v) is 5.74. The number of thiazole rings is 1. The maximum Gasteiger partial charge on any atom is 0.207 e. The lowest BCUT2D eigenvalue weighted by Gasteiger charge is -2.19. The highest BCUT2D eigenvalue weighted by Crippen LogP contribution is 2.28. The smallest absolute Gasteiger partial charge is 0.207 e. The molecule has 1 unspecified atom stereocenters. The van der Waals surface area contributed by atoms with Gasteiger partial charge in [-0.3, -0.25) is 4.57 Å². The number of nitrogens with zero attached hydrogens (tertiary/aromatic N) is 4. The molecule has 1 N–H and O–H groups in total. The van der Waals surface area contributed by atoms with Crippen LogP contribution in [0.25, 0.3) is 15.9 Å². The molecule has 148 valence electrons. The van der Waals surface area contributed by atoms with Crippen LogP contribution in [-0.2, 0) is 6.67 Å². The Labute approximate surface area is 179 Å². The standard InChI is InChI=1S/C22H23N5S2/c1-15-9-10-18(16(2)12-15)26-13-23-27(22(26)28)14-25-11-5-7-19(25)21-24-17-6-3-4-8-20(17)29-21/h3-4,6,8-10,12-13,19H,5,7,11,14H2,1-2H3/p+1/t19-/m0/s1. The Morgan fingerprint density at radius 2 is 2.07 bits per heavy atom. The average Bonchev–Trinajstić information content (AvgIpc) is 3.41. The molecular formula is C22H24N5S2+. The van der Waals surface area contributed by atoms with Crippen LogP contribution in [0.3, 0.4) is 0 Å². The van der Waals surface area contributed by atoms with E-state index < -0.39 is 0 Å². The third-order valence-corrected chi connectivity index (χ3v) is 7.35. The first-order valence-corrected chi connectivity index (χ1v) is 11.2. The molecule has 0 radical (unpaired) electrons. The Bertz CT molecular complexity index is 1200. The molecule has 2 atom stereocenters. The molecule has 1 saturated heterocycles. The number of aryl methyl sites for hydroxylation is 2. The van der Waals surface area contributed by atoms with Crippen LogP contribution in [0.5, 0.6) is 0 Å². The van der Waals surface area contributed by atoms with E-state index in [-0.39, 0.29) is 0 Å². The molecule has 4 aromatic rings. The van der Waals surface area contributed by atoms with Crippen LogP contribution in [0, 0.1) is 18.6 Å². The average molecular weight is 423 g/mol. The van der Waals surface area contributed by atoms with Crippen molar-refractivity contribution in [1.82, 2.24) is 19.3 Å². The van der Waals surface area contributed by atoms with Crippen LogP contribution in [0.2, 0.25) is 0 Å². The number of nitrogens with one attached hydrogen (secondary N) is 1.